The van der Waals surface area contributed by atoms with Crippen molar-refractivity contribution in [3.05, 3.63) is 29.6 Å². The fourth-order valence-electron chi connectivity index (χ4n) is 1.57. The van der Waals surface area contributed by atoms with E-state index < -0.39 is 0 Å². The molecule has 2 amide bonds. The molecule has 0 aliphatic rings. The molecule has 5 heteroatoms. The van der Waals surface area contributed by atoms with Gasteiger partial charge in [0.25, 0.3) is 0 Å². The Balaban J connectivity index is 2.41. The number of hydrogen-bond donors (Lipinski definition) is 2. The Kier molecular flexibility index (Phi) is 5.15. The van der Waals surface area contributed by atoms with Crippen molar-refractivity contribution < 1.29 is 13.9 Å². The van der Waals surface area contributed by atoms with E-state index in [4.69, 9.17) is 4.74 Å². The summed E-state index contributed by atoms with van der Waals surface area (Å²) in [4.78, 5) is 11.5. The Hall–Kier alpha value is -1.78. The number of urea groups is 1. The van der Waals surface area contributed by atoms with Crippen molar-refractivity contribution in [2.75, 3.05) is 13.7 Å². The minimum Gasteiger partial charge on any atom is -0.494 e. The first-order valence-electron chi connectivity index (χ1n) is 6.20. The third-order valence-electron chi connectivity index (χ3n) is 2.40. The van der Waals surface area contributed by atoms with Gasteiger partial charge < -0.3 is 15.4 Å². The van der Waals surface area contributed by atoms with Gasteiger partial charge in [-0.1, -0.05) is 6.07 Å². The number of amides is 2. The average molecular weight is 268 g/mol. The second-order valence-corrected chi connectivity index (χ2v) is 5.35. The lowest BCUT2D eigenvalue weighted by atomic mass is 10.1. The second kappa shape index (κ2) is 6.41. The molecule has 0 spiro atoms. The molecule has 0 aliphatic carbocycles. The highest BCUT2D eigenvalue weighted by Crippen LogP contribution is 2.17. The van der Waals surface area contributed by atoms with Gasteiger partial charge in [0.1, 0.15) is 0 Å². The zero-order valence-corrected chi connectivity index (χ0v) is 11.8. The first-order chi connectivity index (χ1) is 8.81. The van der Waals surface area contributed by atoms with Gasteiger partial charge in [-0.3, -0.25) is 0 Å². The van der Waals surface area contributed by atoms with Crippen LogP contribution < -0.4 is 15.4 Å². The number of ether oxygens (including phenoxy) is 1. The molecule has 0 fully saturated rings. The maximum Gasteiger partial charge on any atom is 0.315 e. The molecular weight excluding hydrogens is 247 g/mol. The maximum absolute atomic E-state index is 13.4. The van der Waals surface area contributed by atoms with E-state index in [-0.39, 0.29) is 23.1 Å². The van der Waals surface area contributed by atoms with Crippen LogP contribution in [0.1, 0.15) is 26.3 Å². The van der Waals surface area contributed by atoms with Crippen LogP contribution in [0.25, 0.3) is 0 Å². The van der Waals surface area contributed by atoms with E-state index in [0.29, 0.717) is 13.0 Å². The van der Waals surface area contributed by atoms with E-state index in [2.05, 4.69) is 10.6 Å². The molecule has 4 nitrogen and oxygen atoms in total. The van der Waals surface area contributed by atoms with Crippen molar-refractivity contribution in [2.24, 2.45) is 0 Å². The molecule has 19 heavy (non-hydrogen) atoms. The van der Waals surface area contributed by atoms with E-state index in [1.54, 1.807) is 12.1 Å². The summed E-state index contributed by atoms with van der Waals surface area (Å²) in [7, 11) is 1.43. The third-order valence-corrected chi connectivity index (χ3v) is 2.40. The molecule has 0 aliphatic heterocycles. The Morgan fingerprint density at radius 2 is 2.05 bits per heavy atom. The number of benzene rings is 1. The largest absolute Gasteiger partial charge is 0.494 e. The lowest BCUT2D eigenvalue weighted by molar-refractivity contribution is 0.232. The normalized spacial score (nSPS) is 11.0. The maximum atomic E-state index is 13.4. The molecule has 106 valence electrons. The Morgan fingerprint density at radius 1 is 1.37 bits per heavy atom. The van der Waals surface area contributed by atoms with E-state index in [0.717, 1.165) is 5.56 Å². The zero-order valence-electron chi connectivity index (χ0n) is 11.8. The highest BCUT2D eigenvalue weighted by atomic mass is 19.1. The molecule has 2 N–H and O–H groups in total. The highest BCUT2D eigenvalue weighted by Gasteiger charge is 2.12. The Morgan fingerprint density at radius 3 is 2.58 bits per heavy atom. The monoisotopic (exact) mass is 268 g/mol. The lowest BCUT2D eigenvalue weighted by Crippen LogP contribution is -2.46. The van der Waals surface area contributed by atoms with Gasteiger partial charge in [0.15, 0.2) is 11.6 Å². The predicted molar refractivity (Wildman–Crippen MR) is 72.9 cm³/mol. The second-order valence-electron chi connectivity index (χ2n) is 5.35. The number of methoxy groups -OCH3 is 1. The van der Waals surface area contributed by atoms with E-state index >= 15 is 0 Å². The van der Waals surface area contributed by atoms with Gasteiger partial charge in [0.2, 0.25) is 0 Å². The van der Waals surface area contributed by atoms with Crippen LogP contribution in [0.15, 0.2) is 18.2 Å². The number of carbonyl (C=O) groups is 1. The van der Waals surface area contributed by atoms with Crippen molar-refractivity contribution in [1.29, 1.82) is 0 Å². The first-order valence-corrected chi connectivity index (χ1v) is 6.20. The molecule has 0 unspecified atom stereocenters. The quantitative estimate of drug-likeness (QED) is 0.881. The molecule has 1 aromatic carbocycles. The van der Waals surface area contributed by atoms with Crippen LogP contribution in [0.3, 0.4) is 0 Å². The van der Waals surface area contributed by atoms with Crippen molar-refractivity contribution in [3.63, 3.8) is 0 Å². The van der Waals surface area contributed by atoms with Crippen LogP contribution in [0.5, 0.6) is 5.75 Å². The Bertz CT molecular complexity index is 442. The summed E-state index contributed by atoms with van der Waals surface area (Å²) in [5, 5.41) is 5.52. The molecule has 0 atom stereocenters. The van der Waals surface area contributed by atoms with Gasteiger partial charge in [-0.05, 0) is 44.9 Å². The first kappa shape index (κ1) is 15.3. The standard InChI is InChI=1S/C14H21FN2O2/c1-14(2,3)17-13(18)16-8-7-10-5-6-12(19-4)11(15)9-10/h5-6,9H,7-8H2,1-4H3,(H2,16,17,18). The van der Waals surface area contributed by atoms with E-state index in [1.807, 2.05) is 20.8 Å². The average Bonchev–Trinajstić information content (AvgIpc) is 2.26. The van der Waals surface area contributed by atoms with Crippen LogP contribution in [-0.2, 0) is 6.42 Å². The van der Waals surface area contributed by atoms with E-state index in [1.165, 1.54) is 13.2 Å². The van der Waals surface area contributed by atoms with Crippen molar-refractivity contribution in [2.45, 2.75) is 32.7 Å². The summed E-state index contributed by atoms with van der Waals surface area (Å²) in [6.45, 7) is 6.18. The van der Waals surface area contributed by atoms with Crippen LogP contribution in [0, 0.1) is 5.82 Å². The molecule has 1 aromatic rings. The predicted octanol–water partition coefficient (Wildman–Crippen LogP) is 2.47. The van der Waals surface area contributed by atoms with Crippen LogP contribution in [0.2, 0.25) is 0 Å². The third kappa shape index (κ3) is 5.59. The van der Waals surface area contributed by atoms with Crippen molar-refractivity contribution >= 4 is 6.03 Å². The molecule has 0 radical (unpaired) electrons. The molecular formula is C14H21FN2O2. The van der Waals surface area contributed by atoms with Crippen LogP contribution in [0.4, 0.5) is 9.18 Å². The SMILES string of the molecule is COc1ccc(CCNC(=O)NC(C)(C)C)cc1F. The van der Waals surface area contributed by atoms with Gasteiger partial charge in [0, 0.05) is 12.1 Å². The van der Waals surface area contributed by atoms with Crippen LogP contribution >= 0.6 is 0 Å². The number of halogens is 1. The van der Waals surface area contributed by atoms with Gasteiger partial charge >= 0.3 is 6.03 Å². The van der Waals surface area contributed by atoms with Gasteiger partial charge in [0.05, 0.1) is 7.11 Å². The van der Waals surface area contributed by atoms with E-state index in [9.17, 15) is 9.18 Å². The fraction of sp³-hybridized carbons (Fsp3) is 0.500. The van der Waals surface area contributed by atoms with Gasteiger partial charge in [-0.15, -0.1) is 0 Å². The molecule has 0 saturated carbocycles. The fourth-order valence-corrected chi connectivity index (χ4v) is 1.57. The van der Waals surface area contributed by atoms with Gasteiger partial charge in [-0.25, -0.2) is 9.18 Å². The lowest BCUT2D eigenvalue weighted by Gasteiger charge is -2.20. The van der Waals surface area contributed by atoms with Crippen molar-refractivity contribution in [1.82, 2.24) is 10.6 Å². The number of hydrogen-bond acceptors (Lipinski definition) is 2. The van der Waals surface area contributed by atoms with Crippen LogP contribution in [-0.4, -0.2) is 25.2 Å². The number of carbonyl (C=O) groups excluding carboxylic acids is 1. The summed E-state index contributed by atoms with van der Waals surface area (Å²) >= 11 is 0. The Labute approximate surface area is 113 Å². The number of rotatable bonds is 4. The minimum absolute atomic E-state index is 0.221. The smallest absolute Gasteiger partial charge is 0.315 e. The molecule has 0 aromatic heterocycles. The summed E-state index contributed by atoms with van der Waals surface area (Å²) in [5.41, 5.74) is 0.547. The number of nitrogens with one attached hydrogen (secondary N) is 2. The summed E-state index contributed by atoms with van der Waals surface area (Å²) in [6.07, 6.45) is 0.568. The topological polar surface area (TPSA) is 50.4 Å². The molecule has 0 heterocycles. The van der Waals surface area contributed by atoms with Gasteiger partial charge in [-0.2, -0.15) is 0 Å². The minimum atomic E-state index is -0.390. The zero-order chi connectivity index (χ0) is 14.5. The molecule has 0 bridgehead atoms. The summed E-state index contributed by atoms with van der Waals surface area (Å²) < 4.78 is 18.3. The summed E-state index contributed by atoms with van der Waals surface area (Å²) in [6, 6.07) is 4.56. The summed E-state index contributed by atoms with van der Waals surface area (Å²) in [5.74, 6) is -0.165. The molecule has 1 rings (SSSR count). The highest BCUT2D eigenvalue weighted by molar-refractivity contribution is 5.74. The van der Waals surface area contributed by atoms with Crippen molar-refractivity contribution in [3.8, 4) is 5.75 Å². The molecule has 0 saturated heterocycles.